The second kappa shape index (κ2) is 14.6. The van der Waals surface area contributed by atoms with Gasteiger partial charge in [0, 0.05) is 0 Å². The molecule has 0 amide bonds. The molecule has 0 aliphatic heterocycles. The fourth-order valence-corrected chi connectivity index (χ4v) is 0.305. The van der Waals surface area contributed by atoms with E-state index in [-0.39, 0.29) is 67.3 Å². The van der Waals surface area contributed by atoms with Gasteiger partial charge in [-0.25, -0.2) is 9.36 Å². The van der Waals surface area contributed by atoms with Crippen LogP contribution in [0, 0.1) is 0 Å². The molecule has 0 saturated heterocycles. The number of carbonyl (C=O) groups is 1. The van der Waals surface area contributed by atoms with Gasteiger partial charge in [-0.1, -0.05) is 0 Å². The van der Waals surface area contributed by atoms with E-state index in [9.17, 15) is 9.36 Å². The van der Waals surface area contributed by atoms with Crippen molar-refractivity contribution in [3.63, 3.8) is 0 Å². The van der Waals surface area contributed by atoms with Crippen molar-refractivity contribution in [2.24, 2.45) is 0 Å². The fourth-order valence-electron chi connectivity index (χ4n) is 0.102. The Bertz CT molecular complexity index is 150. The number of hydrogen-bond acceptors (Lipinski definition) is 3. The third-order valence-corrected chi connectivity index (χ3v) is 0.591. The van der Waals surface area contributed by atoms with Gasteiger partial charge in [0.1, 0.15) is 0 Å². The van der Waals surface area contributed by atoms with Gasteiger partial charge in [-0.2, -0.15) is 0 Å². The molecular weight excluding hydrogens is 277 g/mol. The molecule has 0 aromatic heterocycles. The zero-order valence-electron chi connectivity index (χ0n) is 4.89. The van der Waals surface area contributed by atoms with Gasteiger partial charge in [0.25, 0.3) is 0 Å². The zero-order chi connectivity index (χ0) is 8.78. The molecule has 0 saturated carbocycles. The summed E-state index contributed by atoms with van der Waals surface area (Å²) < 4.78 is 17.4. The van der Waals surface area contributed by atoms with Crippen molar-refractivity contribution in [3.8, 4) is 0 Å². The molecule has 3 N–H and O–H groups in total. The summed E-state index contributed by atoms with van der Waals surface area (Å²) in [6.45, 7) is 0. The predicted molar refractivity (Wildman–Crippen MR) is 48.5 cm³/mol. The Morgan fingerprint density at radius 3 is 1.67 bits per heavy atom. The molecule has 0 rings (SSSR count). The van der Waals surface area contributed by atoms with E-state index in [0.29, 0.717) is 47.1 Å². The van der Waals surface area contributed by atoms with Crippen LogP contribution in [0.2, 0.25) is 0 Å². The summed E-state index contributed by atoms with van der Waals surface area (Å²) in [7, 11) is -4.82. The van der Waals surface area contributed by atoms with Crippen LogP contribution in [0.25, 0.3) is 0 Å². The molecule has 0 aliphatic rings. The Hall–Kier alpha value is 3.61. The van der Waals surface area contributed by atoms with E-state index in [1.165, 1.54) is 0 Å². The average Bonchev–Trinajstić information content (AvgIpc) is 1.64. The Balaban J connectivity index is -0.0000000740. The van der Waals surface area contributed by atoms with Crippen molar-refractivity contribution in [3.05, 3.63) is 0 Å². The molecule has 0 aromatic rings. The fraction of sp³-hybridized carbons (Fsp3) is 0. The number of phosphoric acid groups is 1. The summed E-state index contributed by atoms with van der Waals surface area (Å²) >= 11 is 0.535. The van der Waals surface area contributed by atoms with Crippen molar-refractivity contribution < 1.29 is 28.8 Å². The van der Waals surface area contributed by atoms with Gasteiger partial charge < -0.3 is 9.63 Å². The average molecular weight is 283 g/mol. The number of rotatable bonds is 1. The molecule has 0 spiro atoms. The van der Waals surface area contributed by atoms with Gasteiger partial charge in [0.05, 0.1) is 0 Å². The summed E-state index contributed by atoms with van der Waals surface area (Å²) in [5, 5.41) is 7.53. The molecule has 0 heterocycles. The minimum atomic E-state index is -4.82. The molecule has 0 aliphatic carbocycles. The standard InChI is InChI=1S/CH3O6P.Ca.ClH.K.Na.3H/c2-1(3)7-8(4,5)6;;;;;;;/h(H,2,3)(H2,4,5,6);;1H;;;;;/q;;;+1;;;;/p-1. The van der Waals surface area contributed by atoms with E-state index < -0.39 is 14.0 Å². The maximum absolute atomic E-state index is 9.53. The second-order valence-corrected chi connectivity index (χ2v) is 2.01. The molecule has 62 valence electrons. The molecule has 0 unspecified atom stereocenters. The van der Waals surface area contributed by atoms with Gasteiger partial charge in [-0.05, 0) is 0 Å². The Morgan fingerprint density at radius 1 is 1.42 bits per heavy atom. The normalized spacial score (nSPS) is 7.75. The maximum atomic E-state index is 9.53. The Morgan fingerprint density at radius 2 is 1.67 bits per heavy atom. The van der Waals surface area contributed by atoms with E-state index >= 15 is 0 Å². The summed E-state index contributed by atoms with van der Waals surface area (Å²) in [6, 6.07) is 0. The first kappa shape index (κ1) is 24.7. The van der Waals surface area contributed by atoms with Gasteiger partial charge in [0.2, 0.25) is 0 Å². The van der Waals surface area contributed by atoms with E-state index in [1.807, 2.05) is 0 Å². The number of phosphoric ester groups is 1. The van der Waals surface area contributed by atoms with E-state index in [4.69, 9.17) is 18.7 Å². The topological polar surface area (TPSA) is 104 Å². The van der Waals surface area contributed by atoms with Gasteiger partial charge in [-0.15, -0.1) is 0 Å². The van der Waals surface area contributed by atoms with Crippen LogP contribution in [0.3, 0.4) is 0 Å². The first-order chi connectivity index (χ1) is 4.42. The molecule has 0 radical (unpaired) electrons. The van der Waals surface area contributed by atoms with Crippen LogP contribution in [-0.4, -0.2) is 135 Å². The monoisotopic (exact) mass is 282 g/mol. The van der Waals surface area contributed by atoms with Crippen LogP contribution in [0.1, 0.15) is 0 Å². The molecule has 11 heteroatoms. The minimum absolute atomic E-state index is 0. The molecule has 6 nitrogen and oxygen atoms in total. The van der Waals surface area contributed by atoms with Gasteiger partial charge >= 0.3 is 132 Å². The number of hydrogen-bond donors (Lipinski definition) is 3. The van der Waals surface area contributed by atoms with Crippen molar-refractivity contribution in [2.45, 2.75) is 0 Å². The van der Waals surface area contributed by atoms with Gasteiger partial charge in [0.15, 0.2) is 0 Å². The van der Waals surface area contributed by atoms with Crippen LogP contribution < -0.4 is 0 Å². The van der Waals surface area contributed by atoms with Crippen LogP contribution in [0.4, 0.5) is 4.79 Å². The van der Waals surface area contributed by atoms with Crippen LogP contribution in [0.5, 0.6) is 0 Å². The van der Waals surface area contributed by atoms with E-state index in [2.05, 4.69) is 4.52 Å². The molecular formula is CH6CaClKNaO6P. The molecule has 12 heavy (non-hydrogen) atoms. The van der Waals surface area contributed by atoms with Crippen LogP contribution in [0.15, 0.2) is 0 Å². The first-order valence-corrected chi connectivity index (χ1v) is 7.60. The summed E-state index contributed by atoms with van der Waals surface area (Å²) in [5.41, 5.74) is 0. The summed E-state index contributed by atoms with van der Waals surface area (Å²) in [4.78, 5) is 24.7. The van der Waals surface area contributed by atoms with Crippen molar-refractivity contribution in [1.29, 1.82) is 0 Å². The molecule has 0 aromatic carbocycles. The van der Waals surface area contributed by atoms with Crippen LogP contribution >= 0.6 is 11.6 Å². The predicted octanol–water partition coefficient (Wildman–Crippen LogP) is -1.48. The third kappa shape index (κ3) is 29.2. The van der Waals surface area contributed by atoms with Gasteiger partial charge in [-0.3, -0.25) is 9.79 Å². The second-order valence-electron chi connectivity index (χ2n) is 0.848. The van der Waals surface area contributed by atoms with E-state index in [0.717, 1.165) is 0 Å². The first-order valence-electron chi connectivity index (χ1n) is 1.77. The summed E-state index contributed by atoms with van der Waals surface area (Å²) in [6.07, 6.45) is -1.99. The zero-order valence-corrected chi connectivity index (χ0v) is 9.67. The van der Waals surface area contributed by atoms with Crippen molar-refractivity contribution >= 4 is 132 Å². The quantitative estimate of drug-likeness (QED) is 0.400. The third-order valence-electron chi connectivity index (χ3n) is 0.197. The summed E-state index contributed by atoms with van der Waals surface area (Å²) in [5.74, 6) is 0. The molecule has 0 atom stereocenters. The van der Waals surface area contributed by atoms with Crippen LogP contribution in [-0.2, 0) is 9.09 Å². The number of halogens is 1. The molecule has 0 bridgehead atoms. The van der Waals surface area contributed by atoms with E-state index in [1.54, 1.807) is 0 Å². The number of carboxylic acid groups (broad SMARTS) is 1. The molecule has 0 fully saturated rings. The van der Waals surface area contributed by atoms with Crippen molar-refractivity contribution in [1.82, 2.24) is 0 Å². The Kier molecular flexibility index (Phi) is 30.1. The SMILES string of the molecule is O=C(O)OP(=O)(O)O.[CaH2].[Cl][K].[NaH]. The van der Waals surface area contributed by atoms with Crippen molar-refractivity contribution in [2.75, 3.05) is 0 Å². The Labute approximate surface area is 157 Å².